The standard InChI is InChI=1S/C13H21NS/c1-9(13(2,3)4)11-12-10(5-7-14-11)6-8-15-12/h6,8-9,11,14H,5,7H2,1-4H3. The number of rotatable bonds is 1. The SMILES string of the molecule is CC(C1NCCc2ccsc21)C(C)(C)C. The second-order valence-electron chi connectivity index (χ2n) is 5.65. The van der Waals surface area contributed by atoms with Gasteiger partial charge in [-0.15, -0.1) is 11.3 Å². The second kappa shape index (κ2) is 3.91. The van der Waals surface area contributed by atoms with Crippen LogP contribution in [0.5, 0.6) is 0 Å². The molecule has 0 saturated carbocycles. The van der Waals surface area contributed by atoms with Gasteiger partial charge in [0.25, 0.3) is 0 Å². The first-order valence-electron chi connectivity index (χ1n) is 5.80. The molecule has 1 aliphatic heterocycles. The predicted octanol–water partition coefficient (Wildman–Crippen LogP) is 3.62. The number of nitrogens with one attached hydrogen (secondary N) is 1. The monoisotopic (exact) mass is 223 g/mol. The molecule has 1 aliphatic rings. The third-order valence-corrected chi connectivity index (χ3v) is 4.73. The molecule has 0 saturated heterocycles. The van der Waals surface area contributed by atoms with Crippen LogP contribution in [-0.2, 0) is 6.42 Å². The molecular formula is C13H21NS. The molecule has 2 rings (SSSR count). The Bertz CT molecular complexity index is 335. The lowest BCUT2D eigenvalue weighted by molar-refractivity contribution is 0.195. The second-order valence-corrected chi connectivity index (χ2v) is 6.59. The summed E-state index contributed by atoms with van der Waals surface area (Å²) in [6.07, 6.45) is 1.20. The van der Waals surface area contributed by atoms with Crippen LogP contribution in [0.2, 0.25) is 0 Å². The highest BCUT2D eigenvalue weighted by molar-refractivity contribution is 7.10. The minimum Gasteiger partial charge on any atom is -0.309 e. The lowest BCUT2D eigenvalue weighted by Gasteiger charge is -2.37. The lowest BCUT2D eigenvalue weighted by atomic mass is 9.76. The van der Waals surface area contributed by atoms with E-state index < -0.39 is 0 Å². The molecular weight excluding hydrogens is 202 g/mol. The topological polar surface area (TPSA) is 12.0 Å². The fourth-order valence-electron chi connectivity index (χ4n) is 2.19. The van der Waals surface area contributed by atoms with Crippen molar-refractivity contribution in [3.8, 4) is 0 Å². The number of fused-ring (bicyclic) bond motifs is 1. The molecule has 2 atom stereocenters. The van der Waals surface area contributed by atoms with Crippen LogP contribution in [0.4, 0.5) is 0 Å². The van der Waals surface area contributed by atoms with Crippen LogP contribution >= 0.6 is 11.3 Å². The molecule has 1 nitrogen and oxygen atoms in total. The first-order valence-corrected chi connectivity index (χ1v) is 6.68. The first-order chi connectivity index (χ1) is 7.00. The molecule has 1 aromatic heterocycles. The molecule has 2 unspecified atom stereocenters. The summed E-state index contributed by atoms with van der Waals surface area (Å²) in [7, 11) is 0. The van der Waals surface area contributed by atoms with Crippen LogP contribution in [0.3, 0.4) is 0 Å². The summed E-state index contributed by atoms with van der Waals surface area (Å²) in [6, 6.07) is 2.86. The smallest absolute Gasteiger partial charge is 0.0448 e. The van der Waals surface area contributed by atoms with Crippen molar-refractivity contribution in [3.63, 3.8) is 0 Å². The third-order valence-electron chi connectivity index (χ3n) is 3.69. The normalized spacial score (nSPS) is 23.6. The zero-order valence-corrected chi connectivity index (χ0v) is 10.9. The number of thiophene rings is 1. The molecule has 84 valence electrons. The van der Waals surface area contributed by atoms with Crippen molar-refractivity contribution >= 4 is 11.3 Å². The van der Waals surface area contributed by atoms with Crippen LogP contribution in [0.25, 0.3) is 0 Å². The molecule has 0 spiro atoms. The Morgan fingerprint density at radius 2 is 2.20 bits per heavy atom. The summed E-state index contributed by atoms with van der Waals surface area (Å²) in [6.45, 7) is 10.5. The highest BCUT2D eigenvalue weighted by Crippen LogP contribution is 2.40. The van der Waals surface area contributed by atoms with E-state index in [4.69, 9.17) is 0 Å². The van der Waals surface area contributed by atoms with Gasteiger partial charge in [-0.2, -0.15) is 0 Å². The van der Waals surface area contributed by atoms with Gasteiger partial charge in [0.2, 0.25) is 0 Å². The molecule has 1 N–H and O–H groups in total. The minimum atomic E-state index is 0.371. The quantitative estimate of drug-likeness (QED) is 0.767. The Balaban J connectivity index is 2.26. The average molecular weight is 223 g/mol. The van der Waals surface area contributed by atoms with Crippen LogP contribution in [0.15, 0.2) is 11.4 Å². The minimum absolute atomic E-state index is 0.371. The fourth-order valence-corrected chi connectivity index (χ4v) is 3.32. The maximum absolute atomic E-state index is 3.68. The maximum Gasteiger partial charge on any atom is 0.0448 e. The largest absolute Gasteiger partial charge is 0.309 e. The molecule has 0 aliphatic carbocycles. The highest BCUT2D eigenvalue weighted by Gasteiger charge is 2.32. The summed E-state index contributed by atoms with van der Waals surface area (Å²) < 4.78 is 0. The number of hydrogen-bond donors (Lipinski definition) is 1. The average Bonchev–Trinajstić information content (AvgIpc) is 2.62. The molecule has 1 aromatic rings. The van der Waals surface area contributed by atoms with E-state index in [0.717, 1.165) is 6.54 Å². The van der Waals surface area contributed by atoms with Crippen molar-refractivity contribution in [2.45, 2.75) is 40.2 Å². The molecule has 2 heteroatoms. The highest BCUT2D eigenvalue weighted by atomic mass is 32.1. The van der Waals surface area contributed by atoms with E-state index >= 15 is 0 Å². The Labute approximate surface area is 96.9 Å². The lowest BCUT2D eigenvalue weighted by Crippen LogP contribution is -2.37. The summed E-state index contributed by atoms with van der Waals surface area (Å²) in [5, 5.41) is 5.91. The molecule has 0 amide bonds. The Kier molecular flexibility index (Phi) is 2.91. The van der Waals surface area contributed by atoms with Crippen LogP contribution in [0.1, 0.15) is 44.2 Å². The Morgan fingerprint density at radius 1 is 1.47 bits per heavy atom. The summed E-state index contributed by atoms with van der Waals surface area (Å²) in [4.78, 5) is 1.57. The van der Waals surface area contributed by atoms with Gasteiger partial charge in [-0.05, 0) is 41.3 Å². The van der Waals surface area contributed by atoms with E-state index in [-0.39, 0.29) is 0 Å². The summed E-state index contributed by atoms with van der Waals surface area (Å²) in [5.41, 5.74) is 1.94. The number of hydrogen-bond acceptors (Lipinski definition) is 2. The van der Waals surface area contributed by atoms with Crippen molar-refractivity contribution in [3.05, 3.63) is 21.9 Å². The Hall–Kier alpha value is -0.340. The van der Waals surface area contributed by atoms with Crippen molar-refractivity contribution in [2.75, 3.05) is 6.54 Å². The predicted molar refractivity (Wildman–Crippen MR) is 67.4 cm³/mol. The fraction of sp³-hybridized carbons (Fsp3) is 0.692. The zero-order chi connectivity index (χ0) is 11.1. The van der Waals surface area contributed by atoms with Gasteiger partial charge in [-0.25, -0.2) is 0 Å². The Morgan fingerprint density at radius 3 is 2.87 bits per heavy atom. The van der Waals surface area contributed by atoms with Gasteiger partial charge >= 0.3 is 0 Å². The van der Waals surface area contributed by atoms with Gasteiger partial charge in [-0.1, -0.05) is 27.7 Å². The van der Waals surface area contributed by atoms with Gasteiger partial charge in [0.05, 0.1) is 0 Å². The van der Waals surface area contributed by atoms with Gasteiger partial charge in [0.1, 0.15) is 0 Å². The van der Waals surface area contributed by atoms with Crippen LogP contribution in [-0.4, -0.2) is 6.54 Å². The van der Waals surface area contributed by atoms with E-state index in [1.165, 1.54) is 6.42 Å². The van der Waals surface area contributed by atoms with Gasteiger partial charge in [0.15, 0.2) is 0 Å². The van der Waals surface area contributed by atoms with Crippen molar-refractivity contribution < 1.29 is 0 Å². The van der Waals surface area contributed by atoms with E-state index in [9.17, 15) is 0 Å². The van der Waals surface area contributed by atoms with Gasteiger partial charge in [0, 0.05) is 10.9 Å². The molecule has 0 fully saturated rings. The molecule has 0 aromatic carbocycles. The maximum atomic E-state index is 3.68. The van der Waals surface area contributed by atoms with Crippen molar-refractivity contribution in [1.29, 1.82) is 0 Å². The van der Waals surface area contributed by atoms with E-state index in [2.05, 4.69) is 44.5 Å². The van der Waals surface area contributed by atoms with Gasteiger partial charge < -0.3 is 5.32 Å². The van der Waals surface area contributed by atoms with Crippen LogP contribution in [0, 0.1) is 11.3 Å². The molecule has 0 bridgehead atoms. The molecule has 0 radical (unpaired) electrons. The third kappa shape index (κ3) is 2.11. The molecule has 15 heavy (non-hydrogen) atoms. The van der Waals surface area contributed by atoms with E-state index in [1.54, 1.807) is 10.4 Å². The van der Waals surface area contributed by atoms with E-state index in [1.807, 2.05) is 11.3 Å². The van der Waals surface area contributed by atoms with Crippen LogP contribution < -0.4 is 5.32 Å². The molecule has 2 heterocycles. The zero-order valence-electron chi connectivity index (χ0n) is 10.1. The van der Waals surface area contributed by atoms with E-state index in [0.29, 0.717) is 17.4 Å². The van der Waals surface area contributed by atoms with Crippen molar-refractivity contribution in [1.82, 2.24) is 5.32 Å². The summed E-state index contributed by atoms with van der Waals surface area (Å²) in [5.74, 6) is 0.676. The van der Waals surface area contributed by atoms with Crippen molar-refractivity contribution in [2.24, 2.45) is 11.3 Å². The summed E-state index contributed by atoms with van der Waals surface area (Å²) >= 11 is 1.92. The first kappa shape index (κ1) is 11.2. The van der Waals surface area contributed by atoms with Gasteiger partial charge in [-0.3, -0.25) is 0 Å².